The summed E-state index contributed by atoms with van der Waals surface area (Å²) in [5.74, 6) is -0.335. The van der Waals surface area contributed by atoms with Crippen LogP contribution < -0.4 is 10.5 Å². The van der Waals surface area contributed by atoms with Crippen molar-refractivity contribution in [1.82, 2.24) is 0 Å². The van der Waals surface area contributed by atoms with E-state index in [-0.39, 0.29) is 16.3 Å². The monoisotopic (exact) mass is 295 g/mol. The summed E-state index contributed by atoms with van der Waals surface area (Å²) in [4.78, 5) is 0.212. The number of ether oxygens (including phenoxy) is 1. The number of hydrogen-bond donors (Lipinski definition) is 1. The van der Waals surface area contributed by atoms with Crippen LogP contribution >= 0.6 is 0 Å². The molecular weight excluding hydrogens is 281 g/mol. The molecule has 0 aromatic heterocycles. The van der Waals surface area contributed by atoms with Crippen LogP contribution in [-0.2, 0) is 9.84 Å². The second kappa shape index (κ2) is 5.13. The summed E-state index contributed by atoms with van der Waals surface area (Å²) < 4.78 is 41.5. The van der Waals surface area contributed by atoms with E-state index in [9.17, 15) is 12.8 Å². The molecule has 106 valence electrons. The predicted molar refractivity (Wildman–Crippen MR) is 75.9 cm³/mol. The van der Waals surface area contributed by atoms with Crippen LogP contribution in [0.1, 0.15) is 0 Å². The van der Waals surface area contributed by atoms with Gasteiger partial charge in [0.05, 0.1) is 12.0 Å². The van der Waals surface area contributed by atoms with E-state index >= 15 is 0 Å². The molecule has 0 saturated carbocycles. The lowest BCUT2D eigenvalue weighted by atomic mass is 10.0. The van der Waals surface area contributed by atoms with Crippen molar-refractivity contribution in [2.24, 2.45) is 0 Å². The van der Waals surface area contributed by atoms with Gasteiger partial charge in [-0.15, -0.1) is 0 Å². The Kier molecular flexibility index (Phi) is 3.67. The molecule has 0 unspecified atom stereocenters. The van der Waals surface area contributed by atoms with Gasteiger partial charge >= 0.3 is 0 Å². The molecule has 4 nitrogen and oxygen atoms in total. The first-order valence-electron chi connectivity index (χ1n) is 5.76. The second-order valence-electron chi connectivity index (χ2n) is 4.37. The van der Waals surface area contributed by atoms with Crippen LogP contribution in [-0.4, -0.2) is 21.8 Å². The first kappa shape index (κ1) is 14.3. The van der Waals surface area contributed by atoms with Gasteiger partial charge in [-0.2, -0.15) is 0 Å². The van der Waals surface area contributed by atoms with Gasteiger partial charge in [0.2, 0.25) is 0 Å². The molecule has 2 N–H and O–H groups in total. The van der Waals surface area contributed by atoms with Crippen molar-refractivity contribution < 1.29 is 17.5 Å². The topological polar surface area (TPSA) is 69.4 Å². The summed E-state index contributed by atoms with van der Waals surface area (Å²) in [7, 11) is -1.84. The summed E-state index contributed by atoms with van der Waals surface area (Å²) >= 11 is 0. The Bertz CT molecular complexity index is 740. The van der Waals surface area contributed by atoms with E-state index in [0.29, 0.717) is 11.1 Å². The van der Waals surface area contributed by atoms with E-state index in [1.54, 1.807) is 18.2 Å². The van der Waals surface area contributed by atoms with Gasteiger partial charge in [-0.25, -0.2) is 12.8 Å². The highest BCUT2D eigenvalue weighted by Gasteiger charge is 2.11. The molecule has 0 saturated heterocycles. The van der Waals surface area contributed by atoms with E-state index in [1.807, 2.05) is 0 Å². The van der Waals surface area contributed by atoms with Crippen molar-refractivity contribution >= 4 is 15.5 Å². The number of rotatable bonds is 3. The predicted octanol–water partition coefficient (Wildman–Crippen LogP) is 2.49. The summed E-state index contributed by atoms with van der Waals surface area (Å²) in [6.07, 6.45) is 1.13. The maximum atomic E-state index is 13.7. The smallest absolute Gasteiger partial charge is 0.175 e. The van der Waals surface area contributed by atoms with Crippen molar-refractivity contribution in [3.05, 3.63) is 42.2 Å². The number of halogens is 1. The SMILES string of the molecule is COc1cc(-c2ccc(S(C)(=O)=O)cc2)cc(F)c1N. The maximum Gasteiger partial charge on any atom is 0.175 e. The molecule has 0 aliphatic carbocycles. The Balaban J connectivity index is 2.50. The first-order chi connectivity index (χ1) is 9.32. The first-order valence-corrected chi connectivity index (χ1v) is 7.65. The van der Waals surface area contributed by atoms with Gasteiger partial charge in [0.1, 0.15) is 11.4 Å². The summed E-state index contributed by atoms with van der Waals surface area (Å²) in [6.45, 7) is 0. The van der Waals surface area contributed by atoms with Crippen LogP contribution in [0, 0.1) is 5.82 Å². The zero-order chi connectivity index (χ0) is 14.9. The lowest BCUT2D eigenvalue weighted by Gasteiger charge is -2.09. The van der Waals surface area contributed by atoms with E-state index in [4.69, 9.17) is 10.5 Å². The van der Waals surface area contributed by atoms with Crippen molar-refractivity contribution in [2.75, 3.05) is 19.1 Å². The molecule has 0 radical (unpaired) electrons. The van der Waals surface area contributed by atoms with Crippen LogP contribution in [0.25, 0.3) is 11.1 Å². The minimum absolute atomic E-state index is 0.0518. The van der Waals surface area contributed by atoms with Crippen LogP contribution in [0.3, 0.4) is 0 Å². The maximum absolute atomic E-state index is 13.7. The molecule has 0 atom stereocenters. The summed E-state index contributed by atoms with van der Waals surface area (Å²) in [5.41, 5.74) is 6.73. The fourth-order valence-electron chi connectivity index (χ4n) is 1.82. The molecule has 20 heavy (non-hydrogen) atoms. The summed E-state index contributed by atoms with van der Waals surface area (Å²) in [5, 5.41) is 0. The van der Waals surface area contributed by atoms with Crippen LogP contribution in [0.4, 0.5) is 10.1 Å². The van der Waals surface area contributed by atoms with Crippen LogP contribution in [0.2, 0.25) is 0 Å². The zero-order valence-corrected chi connectivity index (χ0v) is 11.9. The van der Waals surface area contributed by atoms with Crippen LogP contribution in [0.5, 0.6) is 5.75 Å². The van der Waals surface area contributed by atoms with Crippen molar-refractivity contribution in [1.29, 1.82) is 0 Å². The standard InChI is InChI=1S/C14H14FNO3S/c1-19-13-8-10(7-12(15)14(13)16)9-3-5-11(6-4-9)20(2,17)18/h3-8H,16H2,1-2H3. The number of nitrogens with two attached hydrogens (primary N) is 1. The Morgan fingerprint density at radius 1 is 1.10 bits per heavy atom. The Morgan fingerprint density at radius 3 is 2.20 bits per heavy atom. The Labute approximate surface area is 116 Å². The lowest BCUT2D eigenvalue weighted by molar-refractivity contribution is 0.414. The second-order valence-corrected chi connectivity index (χ2v) is 6.39. The van der Waals surface area contributed by atoms with Gasteiger partial charge < -0.3 is 10.5 Å². The molecule has 0 bridgehead atoms. The molecule has 2 rings (SSSR count). The number of benzene rings is 2. The molecule has 2 aromatic carbocycles. The fourth-order valence-corrected chi connectivity index (χ4v) is 2.45. The van der Waals surface area contributed by atoms with Gasteiger partial charge in [-0.3, -0.25) is 0 Å². The van der Waals surface area contributed by atoms with Crippen molar-refractivity contribution in [3.8, 4) is 16.9 Å². The summed E-state index contributed by atoms with van der Waals surface area (Å²) in [6, 6.07) is 9.07. The fraction of sp³-hybridized carbons (Fsp3) is 0.143. The Hall–Kier alpha value is -2.08. The molecule has 0 spiro atoms. The average Bonchev–Trinajstić information content (AvgIpc) is 2.41. The normalized spacial score (nSPS) is 11.3. The van der Waals surface area contributed by atoms with Crippen LogP contribution in [0.15, 0.2) is 41.3 Å². The third-order valence-electron chi connectivity index (χ3n) is 2.93. The van der Waals surface area contributed by atoms with Gasteiger partial charge in [0, 0.05) is 6.26 Å². The van der Waals surface area contributed by atoms with Gasteiger partial charge in [0.15, 0.2) is 15.7 Å². The van der Waals surface area contributed by atoms with E-state index in [0.717, 1.165) is 6.26 Å². The highest BCUT2D eigenvalue weighted by molar-refractivity contribution is 7.90. The number of sulfone groups is 1. The highest BCUT2D eigenvalue weighted by atomic mass is 32.2. The molecule has 6 heteroatoms. The van der Waals surface area contributed by atoms with Gasteiger partial charge in [0.25, 0.3) is 0 Å². The quantitative estimate of drug-likeness (QED) is 0.883. The molecular formula is C14H14FNO3S. The Morgan fingerprint density at radius 2 is 1.70 bits per heavy atom. The minimum atomic E-state index is -3.25. The highest BCUT2D eigenvalue weighted by Crippen LogP contribution is 2.31. The van der Waals surface area contributed by atoms with E-state index < -0.39 is 15.7 Å². The number of anilines is 1. The molecule has 0 fully saturated rings. The third kappa shape index (κ3) is 2.75. The molecule has 0 aliphatic heterocycles. The molecule has 2 aromatic rings. The van der Waals surface area contributed by atoms with Gasteiger partial charge in [-0.05, 0) is 35.4 Å². The third-order valence-corrected chi connectivity index (χ3v) is 4.06. The number of nitrogen functional groups attached to an aromatic ring is 1. The van der Waals surface area contributed by atoms with Crippen molar-refractivity contribution in [3.63, 3.8) is 0 Å². The zero-order valence-electron chi connectivity index (χ0n) is 11.1. The minimum Gasteiger partial charge on any atom is -0.494 e. The molecule has 0 amide bonds. The lowest BCUT2D eigenvalue weighted by Crippen LogP contribution is -1.98. The molecule has 0 heterocycles. The molecule has 0 aliphatic rings. The largest absolute Gasteiger partial charge is 0.494 e. The van der Waals surface area contributed by atoms with E-state index in [2.05, 4.69) is 0 Å². The van der Waals surface area contributed by atoms with Gasteiger partial charge in [-0.1, -0.05) is 12.1 Å². The van der Waals surface area contributed by atoms with Crippen molar-refractivity contribution in [2.45, 2.75) is 4.90 Å². The van der Waals surface area contributed by atoms with E-state index in [1.165, 1.54) is 25.3 Å². The number of methoxy groups -OCH3 is 1. The average molecular weight is 295 g/mol. The number of hydrogen-bond acceptors (Lipinski definition) is 4.